The van der Waals surface area contributed by atoms with Gasteiger partial charge in [0.1, 0.15) is 5.56 Å². The van der Waals surface area contributed by atoms with Crippen LogP contribution in [0.3, 0.4) is 0 Å². The van der Waals surface area contributed by atoms with Crippen molar-refractivity contribution < 1.29 is 14.7 Å². The number of hydrogen-bond acceptors (Lipinski definition) is 5. The standard InChI is InChI=1S/C31H33ClN6O3/c1-3-7-23-10-4-5-11-37(23)30(39)20-9-6-8-19(12-20)21-13-22(32)15-24(14-21)38-29(27(17-33-38)31(40)41)26-16-25(26)28-18-36(2)35-34-28/h6,8-9,12-15,17-18,23,25-26H,3-5,7,10-11,16H2,1-2H3,(H,40,41)/t23-,25?,26?/m1/s1. The van der Waals surface area contributed by atoms with E-state index in [0.29, 0.717) is 22.0 Å². The Morgan fingerprint density at radius 2 is 1.95 bits per heavy atom. The molecular weight excluding hydrogens is 540 g/mol. The Balaban J connectivity index is 1.34. The van der Waals surface area contributed by atoms with Crippen LogP contribution in [0.5, 0.6) is 0 Å². The number of aromatic nitrogens is 5. The number of aromatic carboxylic acids is 1. The van der Waals surface area contributed by atoms with Gasteiger partial charge in [-0.25, -0.2) is 9.48 Å². The zero-order valence-electron chi connectivity index (χ0n) is 23.2. The van der Waals surface area contributed by atoms with Gasteiger partial charge in [-0.15, -0.1) is 5.10 Å². The molecule has 10 heteroatoms. The zero-order chi connectivity index (χ0) is 28.7. The maximum absolute atomic E-state index is 13.6. The van der Waals surface area contributed by atoms with Gasteiger partial charge in [0.15, 0.2) is 0 Å². The van der Waals surface area contributed by atoms with Gasteiger partial charge in [0.05, 0.1) is 23.3 Å². The van der Waals surface area contributed by atoms with Gasteiger partial charge in [0, 0.05) is 48.3 Å². The molecule has 1 aliphatic heterocycles. The molecule has 2 unspecified atom stereocenters. The van der Waals surface area contributed by atoms with E-state index in [1.807, 2.05) is 54.5 Å². The van der Waals surface area contributed by atoms with Gasteiger partial charge in [0.25, 0.3) is 5.91 Å². The fourth-order valence-electron chi connectivity index (χ4n) is 6.21. The van der Waals surface area contributed by atoms with E-state index in [1.165, 1.54) is 12.6 Å². The normalized spacial score (nSPS) is 20.3. The third-order valence-electron chi connectivity index (χ3n) is 8.26. The minimum Gasteiger partial charge on any atom is -0.478 e. The molecule has 1 N–H and O–H groups in total. The summed E-state index contributed by atoms with van der Waals surface area (Å²) in [7, 11) is 1.81. The second-order valence-corrected chi connectivity index (χ2v) is 11.6. The molecule has 1 amide bonds. The van der Waals surface area contributed by atoms with Crippen LogP contribution in [0, 0.1) is 0 Å². The predicted molar refractivity (Wildman–Crippen MR) is 156 cm³/mol. The molecule has 2 aromatic carbocycles. The molecule has 1 saturated carbocycles. The quantitative estimate of drug-likeness (QED) is 0.274. The maximum Gasteiger partial charge on any atom is 0.339 e. The van der Waals surface area contributed by atoms with Gasteiger partial charge in [0.2, 0.25) is 0 Å². The van der Waals surface area contributed by atoms with Gasteiger partial charge in [-0.2, -0.15) is 5.10 Å². The number of carbonyl (C=O) groups excluding carboxylic acids is 1. The minimum absolute atomic E-state index is 0.0516. The predicted octanol–water partition coefficient (Wildman–Crippen LogP) is 6.09. The number of aryl methyl sites for hydroxylation is 1. The minimum atomic E-state index is -1.02. The Morgan fingerprint density at radius 3 is 2.71 bits per heavy atom. The highest BCUT2D eigenvalue weighted by Crippen LogP contribution is 2.55. The molecular formula is C31H33ClN6O3. The first-order chi connectivity index (χ1) is 19.8. The Bertz CT molecular complexity index is 1610. The fraction of sp³-hybridized carbons (Fsp3) is 0.387. The van der Waals surface area contributed by atoms with Gasteiger partial charge in [-0.3, -0.25) is 9.48 Å². The van der Waals surface area contributed by atoms with Crippen molar-refractivity contribution in [2.45, 2.75) is 63.3 Å². The number of carboxylic acid groups (broad SMARTS) is 1. The summed E-state index contributed by atoms with van der Waals surface area (Å²) in [6, 6.07) is 13.5. The Morgan fingerprint density at radius 1 is 1.10 bits per heavy atom. The zero-order valence-corrected chi connectivity index (χ0v) is 24.0. The molecule has 2 aliphatic rings. The monoisotopic (exact) mass is 572 g/mol. The first-order valence-electron chi connectivity index (χ1n) is 14.2. The number of carbonyl (C=O) groups is 2. The number of nitrogens with zero attached hydrogens (tertiary/aromatic N) is 6. The Kier molecular flexibility index (Phi) is 7.38. The van der Waals surface area contributed by atoms with Crippen LogP contribution < -0.4 is 0 Å². The average Bonchev–Trinajstić information content (AvgIpc) is 3.41. The van der Waals surface area contributed by atoms with E-state index < -0.39 is 5.97 Å². The van der Waals surface area contributed by atoms with Gasteiger partial charge in [-0.05, 0) is 73.6 Å². The number of likely N-dealkylation sites (tertiary alicyclic amines) is 1. The summed E-state index contributed by atoms with van der Waals surface area (Å²) in [5.41, 5.74) is 4.63. The van der Waals surface area contributed by atoms with Crippen LogP contribution in [-0.2, 0) is 7.05 Å². The van der Waals surface area contributed by atoms with Gasteiger partial charge < -0.3 is 10.0 Å². The summed E-state index contributed by atoms with van der Waals surface area (Å²) >= 11 is 6.62. The smallest absolute Gasteiger partial charge is 0.339 e. The number of amides is 1. The molecule has 41 heavy (non-hydrogen) atoms. The third kappa shape index (κ3) is 5.38. The highest BCUT2D eigenvalue weighted by molar-refractivity contribution is 6.31. The molecule has 6 rings (SSSR count). The summed E-state index contributed by atoms with van der Waals surface area (Å²) in [6.07, 6.45) is 9.36. The molecule has 0 radical (unpaired) electrons. The van der Waals surface area contributed by atoms with E-state index in [9.17, 15) is 14.7 Å². The Hall–Kier alpha value is -3.98. The van der Waals surface area contributed by atoms with Crippen LogP contribution in [0.1, 0.15) is 89.4 Å². The largest absolute Gasteiger partial charge is 0.478 e. The average molecular weight is 573 g/mol. The SMILES string of the molecule is CCC[C@@H]1CCCCN1C(=O)c1cccc(-c2cc(Cl)cc(-n3ncc(C(=O)O)c3C3CC3c3cn(C)nn3)c2)c1. The van der Waals surface area contributed by atoms with E-state index in [0.717, 1.165) is 55.5 Å². The van der Waals surface area contributed by atoms with Crippen LogP contribution in [-0.4, -0.2) is 59.2 Å². The maximum atomic E-state index is 13.6. The lowest BCUT2D eigenvalue weighted by Crippen LogP contribution is -2.43. The lowest BCUT2D eigenvalue weighted by molar-refractivity contribution is 0.0600. The summed E-state index contributed by atoms with van der Waals surface area (Å²) in [5.74, 6) is -0.936. The number of carboxylic acids is 1. The molecule has 1 saturated heterocycles. The van der Waals surface area contributed by atoms with Gasteiger partial charge in [-0.1, -0.05) is 42.3 Å². The highest BCUT2D eigenvalue weighted by atomic mass is 35.5. The molecule has 1 aliphatic carbocycles. The molecule has 212 valence electrons. The van der Waals surface area contributed by atoms with E-state index in [1.54, 1.807) is 15.4 Å². The number of halogens is 1. The topological polar surface area (TPSA) is 106 Å². The lowest BCUT2D eigenvalue weighted by atomic mass is 9.96. The van der Waals surface area contributed by atoms with Crippen LogP contribution >= 0.6 is 11.6 Å². The third-order valence-corrected chi connectivity index (χ3v) is 8.48. The van der Waals surface area contributed by atoms with Crippen molar-refractivity contribution in [3.8, 4) is 16.8 Å². The van der Waals surface area contributed by atoms with Crippen molar-refractivity contribution in [3.05, 3.63) is 82.4 Å². The molecule has 3 atom stereocenters. The summed E-state index contributed by atoms with van der Waals surface area (Å²) in [4.78, 5) is 27.8. The van der Waals surface area contributed by atoms with Crippen molar-refractivity contribution in [1.29, 1.82) is 0 Å². The van der Waals surface area contributed by atoms with Crippen molar-refractivity contribution in [3.63, 3.8) is 0 Å². The molecule has 2 aromatic heterocycles. The van der Waals surface area contributed by atoms with Crippen LogP contribution in [0.15, 0.2) is 54.9 Å². The van der Waals surface area contributed by atoms with Crippen LogP contribution in [0.25, 0.3) is 16.8 Å². The molecule has 3 heterocycles. The van der Waals surface area contributed by atoms with Crippen molar-refractivity contribution >= 4 is 23.5 Å². The van der Waals surface area contributed by atoms with Crippen LogP contribution in [0.2, 0.25) is 5.02 Å². The van der Waals surface area contributed by atoms with E-state index in [4.69, 9.17) is 11.6 Å². The number of benzene rings is 2. The number of piperidine rings is 1. The molecule has 9 nitrogen and oxygen atoms in total. The van der Waals surface area contributed by atoms with Crippen molar-refractivity contribution in [2.75, 3.05) is 6.54 Å². The summed E-state index contributed by atoms with van der Waals surface area (Å²) in [5, 5.41) is 23.2. The number of rotatable bonds is 8. The van der Waals surface area contributed by atoms with Gasteiger partial charge >= 0.3 is 5.97 Å². The molecule has 4 aromatic rings. The van der Waals surface area contributed by atoms with Crippen molar-refractivity contribution in [1.82, 2.24) is 29.7 Å². The van der Waals surface area contributed by atoms with Crippen LogP contribution in [0.4, 0.5) is 0 Å². The van der Waals surface area contributed by atoms with Crippen molar-refractivity contribution in [2.24, 2.45) is 7.05 Å². The molecule has 2 fully saturated rings. The second-order valence-electron chi connectivity index (χ2n) is 11.1. The number of hydrogen-bond donors (Lipinski definition) is 1. The molecule has 0 spiro atoms. The Labute approximate surface area is 243 Å². The van der Waals surface area contributed by atoms with E-state index in [-0.39, 0.29) is 29.3 Å². The van der Waals surface area contributed by atoms with E-state index in [2.05, 4.69) is 22.3 Å². The molecule has 0 bridgehead atoms. The highest BCUT2D eigenvalue weighted by Gasteiger charge is 2.46. The van der Waals surface area contributed by atoms with E-state index >= 15 is 0 Å². The first kappa shape index (κ1) is 27.2. The summed E-state index contributed by atoms with van der Waals surface area (Å²) in [6.45, 7) is 2.96. The second kappa shape index (κ2) is 11.1. The lowest BCUT2D eigenvalue weighted by Gasteiger charge is -2.36. The summed E-state index contributed by atoms with van der Waals surface area (Å²) < 4.78 is 3.33. The fourth-order valence-corrected chi connectivity index (χ4v) is 6.44. The first-order valence-corrected chi connectivity index (χ1v) is 14.6.